The monoisotopic (exact) mass is 1200 g/mol. The van der Waals surface area contributed by atoms with Crippen molar-refractivity contribution in [2.45, 2.75) is 271 Å². The Morgan fingerprint density at radius 2 is 0.905 bits per heavy atom. The molecule has 16 nitrogen and oxygen atoms in total. The molecule has 7 fully saturated rings. The van der Waals surface area contributed by atoms with E-state index in [4.69, 9.17) is 66.3 Å². The molecule has 8 rings (SSSR count). The summed E-state index contributed by atoms with van der Waals surface area (Å²) < 4.78 is 71.0. The zero-order valence-electron chi connectivity index (χ0n) is 55.5. The maximum absolute atomic E-state index is 11.7. The van der Waals surface area contributed by atoms with Crippen LogP contribution in [0.15, 0.2) is 24.3 Å². The van der Waals surface area contributed by atoms with E-state index in [0.29, 0.717) is 68.4 Å². The molecule has 0 radical (unpaired) electrons. The maximum atomic E-state index is 11.7. The van der Waals surface area contributed by atoms with E-state index in [2.05, 4.69) is 62.3 Å². The highest BCUT2D eigenvalue weighted by Crippen LogP contribution is 2.23. The van der Waals surface area contributed by atoms with Crippen molar-refractivity contribution in [2.24, 2.45) is 5.92 Å². The van der Waals surface area contributed by atoms with Gasteiger partial charge in [0.1, 0.15) is 55.9 Å². The Bertz CT molecular complexity index is 1670. The molecule has 8 unspecified atom stereocenters. The van der Waals surface area contributed by atoms with Gasteiger partial charge in [0.05, 0.1) is 96.6 Å². The van der Waals surface area contributed by atoms with Gasteiger partial charge in [-0.05, 0) is 83.4 Å². The minimum absolute atomic E-state index is 0.00799. The fourth-order valence-corrected chi connectivity index (χ4v) is 7.75. The highest BCUT2D eigenvalue weighted by atomic mass is 16.6. The lowest BCUT2D eigenvalue weighted by atomic mass is 9.87. The number of benzene rings is 1. The molecular weight excluding hydrogens is 1070 g/mol. The molecule has 1 aromatic rings. The number of esters is 2. The van der Waals surface area contributed by atoms with Gasteiger partial charge in [-0.2, -0.15) is 0 Å². The second-order valence-corrected chi connectivity index (χ2v) is 25.4. The average molecular weight is 1200 g/mol. The van der Waals surface area contributed by atoms with Gasteiger partial charge < -0.3 is 66.3 Å². The van der Waals surface area contributed by atoms with Crippen molar-refractivity contribution >= 4 is 11.9 Å². The summed E-state index contributed by atoms with van der Waals surface area (Å²) in [4.78, 5) is 23.1. The predicted molar refractivity (Wildman–Crippen MR) is 333 cm³/mol. The molecule has 16 heteroatoms. The Labute approximate surface area is 511 Å². The van der Waals surface area contributed by atoms with Crippen molar-refractivity contribution < 1.29 is 75.9 Å². The molecule has 7 heterocycles. The fourth-order valence-electron chi connectivity index (χ4n) is 7.75. The first-order chi connectivity index (χ1) is 40.4. The summed E-state index contributed by atoms with van der Waals surface area (Å²) in [6, 6.07) is 7.59. The zero-order valence-corrected chi connectivity index (χ0v) is 55.5. The number of rotatable bonds is 39. The van der Waals surface area contributed by atoms with Crippen LogP contribution in [0.4, 0.5) is 0 Å². The molecular formula is C68H124O16. The summed E-state index contributed by atoms with van der Waals surface area (Å²) in [5.41, 5.74) is 1.90. The minimum Gasteiger partial charge on any atom is -0.463 e. The van der Waals surface area contributed by atoms with E-state index in [0.717, 1.165) is 105 Å². The molecule has 7 saturated heterocycles. The Morgan fingerprint density at radius 3 is 1.30 bits per heavy atom. The predicted octanol–water partition coefficient (Wildman–Crippen LogP) is 13.8. The SMILES string of the molecule is CC(C)(C)OCC1CO1.CC(C)(C)c1ccc(C(=O)OCC2CO2)cc1.CC(C)OCC1CO1.CCCCC(CC)COCC1CO1.CCCCCCCCCCCCCCCCCC(=O)OCC1CO1.CCOCC1CO1.COCC1CO1. The average Bonchev–Trinajstić information content (AvgIpc) is 4.39. The standard InChI is InChI=1S/C21H40O3.C14H18O3.C11H22O2.C7H14O2.C6H12O2.C5H10O2.C4H8O2/c1-2-3-4-5-6-7-8-9-10-11-12-13-14-15-16-17-21(22)24-19-20-18-23-20;1-14(2,3)11-6-4-10(5-7-11)13(15)17-9-12-8-16-12;1-3-5-6-10(4-2)7-12-8-11-9-13-11;1-7(2,3)9-5-6-4-8-6;1-5(2)7-3-6-4-8-6;1-2-6-3-5-4-7-5;1-5-2-4-3-6-4/h20H,2-19H2,1H3;4-7,12H,8-9H2,1-3H3;10-11H,3-9H2,1-2H3;6H,4-5H2,1-3H3;5-6H,3-4H2,1-2H3;5H,2-4H2,1H3;4H,2-3H2,1H3. The Hall–Kier alpha value is -2.32. The molecule has 7 aliphatic rings. The van der Waals surface area contributed by atoms with Crippen LogP contribution in [-0.2, 0) is 76.5 Å². The number of unbranched alkanes of at least 4 members (excludes halogenated alkanes) is 15. The summed E-state index contributed by atoms with van der Waals surface area (Å²) in [7, 11) is 1.68. The van der Waals surface area contributed by atoms with E-state index >= 15 is 0 Å². The number of carbonyl (C=O) groups excluding carboxylic acids is 2. The number of carbonyl (C=O) groups is 2. The van der Waals surface area contributed by atoms with Crippen molar-refractivity contribution in [1.82, 2.24) is 0 Å². The van der Waals surface area contributed by atoms with Gasteiger partial charge in [0.15, 0.2) is 0 Å². The third-order valence-electron chi connectivity index (χ3n) is 14.0. The molecule has 0 aliphatic carbocycles. The van der Waals surface area contributed by atoms with Gasteiger partial charge in [-0.25, -0.2) is 4.79 Å². The zero-order chi connectivity index (χ0) is 61.7. The van der Waals surface area contributed by atoms with Crippen LogP contribution in [0.25, 0.3) is 0 Å². The summed E-state index contributed by atoms with van der Waals surface area (Å²) in [6.07, 6.45) is 28.7. The molecule has 0 amide bonds. The molecule has 0 N–H and O–H groups in total. The largest absolute Gasteiger partial charge is 0.463 e. The molecule has 7 aliphatic heterocycles. The molecule has 84 heavy (non-hydrogen) atoms. The lowest BCUT2D eigenvalue weighted by Crippen LogP contribution is -2.21. The molecule has 1 aromatic carbocycles. The van der Waals surface area contributed by atoms with Gasteiger partial charge in [-0.3, -0.25) is 4.79 Å². The Balaban J connectivity index is 0.000000353. The first kappa shape index (κ1) is 77.8. The smallest absolute Gasteiger partial charge is 0.338 e. The van der Waals surface area contributed by atoms with Crippen LogP contribution in [0.3, 0.4) is 0 Å². The summed E-state index contributed by atoms with van der Waals surface area (Å²) in [5.74, 6) is 0.430. The lowest BCUT2D eigenvalue weighted by molar-refractivity contribution is -0.144. The van der Waals surface area contributed by atoms with Crippen molar-refractivity contribution in [1.29, 1.82) is 0 Å². The van der Waals surface area contributed by atoms with Gasteiger partial charge >= 0.3 is 11.9 Å². The van der Waals surface area contributed by atoms with Crippen molar-refractivity contribution in [3.8, 4) is 0 Å². The summed E-state index contributed by atoms with van der Waals surface area (Å²) in [6.45, 7) is 37.8. The van der Waals surface area contributed by atoms with E-state index in [-0.39, 0.29) is 35.2 Å². The quantitative estimate of drug-likeness (QED) is 0.0344. The van der Waals surface area contributed by atoms with Crippen molar-refractivity contribution in [2.75, 3.05) is 113 Å². The number of ether oxygens (including phenoxy) is 14. The number of hydrogen-bond donors (Lipinski definition) is 0. The van der Waals surface area contributed by atoms with Crippen LogP contribution in [-0.4, -0.2) is 179 Å². The first-order valence-electron chi connectivity index (χ1n) is 33.0. The third kappa shape index (κ3) is 53.9. The normalized spacial score (nSPS) is 21.9. The summed E-state index contributed by atoms with van der Waals surface area (Å²) >= 11 is 0. The Kier molecular flexibility index (Phi) is 45.0. The van der Waals surface area contributed by atoms with Crippen LogP contribution in [0.5, 0.6) is 0 Å². The fraction of sp³-hybridized carbons (Fsp3) is 0.882. The topological polar surface area (TPSA) is 186 Å². The highest BCUT2D eigenvalue weighted by molar-refractivity contribution is 5.89. The van der Waals surface area contributed by atoms with E-state index in [1.807, 2.05) is 45.0 Å². The minimum atomic E-state index is -0.277. The van der Waals surface area contributed by atoms with Crippen LogP contribution in [0.2, 0.25) is 0 Å². The number of methoxy groups -OCH3 is 1. The van der Waals surface area contributed by atoms with Gasteiger partial charge in [0.25, 0.3) is 0 Å². The summed E-state index contributed by atoms with van der Waals surface area (Å²) in [5, 5.41) is 0. The van der Waals surface area contributed by atoms with Crippen LogP contribution < -0.4 is 0 Å². The van der Waals surface area contributed by atoms with Crippen molar-refractivity contribution in [3.63, 3.8) is 0 Å². The van der Waals surface area contributed by atoms with E-state index in [9.17, 15) is 9.59 Å². The van der Waals surface area contributed by atoms with Crippen LogP contribution in [0.1, 0.15) is 227 Å². The molecule has 0 saturated carbocycles. The maximum Gasteiger partial charge on any atom is 0.338 e. The molecule has 8 atom stereocenters. The number of hydrogen-bond acceptors (Lipinski definition) is 16. The Morgan fingerprint density at radius 1 is 0.500 bits per heavy atom. The molecule has 492 valence electrons. The molecule has 0 spiro atoms. The van der Waals surface area contributed by atoms with Crippen LogP contribution in [0, 0.1) is 5.92 Å². The van der Waals surface area contributed by atoms with Gasteiger partial charge in [0.2, 0.25) is 0 Å². The second-order valence-electron chi connectivity index (χ2n) is 25.4. The first-order valence-corrected chi connectivity index (χ1v) is 33.0. The van der Waals surface area contributed by atoms with E-state index < -0.39 is 0 Å². The van der Waals surface area contributed by atoms with Gasteiger partial charge in [-0.15, -0.1) is 0 Å². The lowest BCUT2D eigenvalue weighted by Gasteiger charge is -2.18. The van der Waals surface area contributed by atoms with E-state index in [1.165, 1.54) is 115 Å². The molecule has 0 aromatic heterocycles. The number of epoxide rings is 7. The highest BCUT2D eigenvalue weighted by Gasteiger charge is 2.28. The van der Waals surface area contributed by atoms with Crippen molar-refractivity contribution in [3.05, 3.63) is 35.4 Å². The van der Waals surface area contributed by atoms with E-state index in [1.54, 1.807) is 7.11 Å². The second kappa shape index (κ2) is 48.6. The third-order valence-corrected chi connectivity index (χ3v) is 14.0. The van der Waals surface area contributed by atoms with Gasteiger partial charge in [0, 0.05) is 26.7 Å². The molecule has 0 bridgehead atoms. The van der Waals surface area contributed by atoms with Gasteiger partial charge in [-0.1, -0.05) is 163 Å². The van der Waals surface area contributed by atoms with Crippen LogP contribution >= 0.6 is 0 Å².